The number of carbonyl (C=O) groups is 1. The smallest absolute Gasteiger partial charge is 0.187 e. The van der Waals surface area contributed by atoms with Crippen LogP contribution in [0.5, 0.6) is 0 Å². The first-order chi connectivity index (χ1) is 8.84. The van der Waals surface area contributed by atoms with Gasteiger partial charge in [0.2, 0.25) is 0 Å². The number of hydrogen-bond donors (Lipinski definition) is 2. The lowest BCUT2D eigenvalue weighted by Gasteiger charge is -2.31. The lowest BCUT2D eigenvalue weighted by Crippen LogP contribution is -2.36. The van der Waals surface area contributed by atoms with Crippen LogP contribution in [0, 0.1) is 16.7 Å². The standard InChI is InChI=1S/C14H21N3OS/c1-5-8-15-12(19)17-16-10-9-6-7-14(4,11(10)18)13(9,2)3/h5,9H,1,6-8H2,2-4H3,(H2,15,17,19)/b16-10+/t9-,14+/m1/s1. The number of fused-ring (bicyclic) bond motifs is 2. The third-order valence-electron chi connectivity index (χ3n) is 4.98. The van der Waals surface area contributed by atoms with Gasteiger partial charge < -0.3 is 5.32 Å². The van der Waals surface area contributed by atoms with Crippen molar-refractivity contribution in [3.8, 4) is 0 Å². The molecule has 0 aromatic carbocycles. The summed E-state index contributed by atoms with van der Waals surface area (Å²) < 4.78 is 0. The lowest BCUT2D eigenvalue weighted by molar-refractivity contribution is -0.123. The maximum Gasteiger partial charge on any atom is 0.187 e. The monoisotopic (exact) mass is 279 g/mol. The summed E-state index contributed by atoms with van der Waals surface area (Å²) in [7, 11) is 0. The van der Waals surface area contributed by atoms with Gasteiger partial charge in [-0.2, -0.15) is 5.10 Å². The zero-order valence-corrected chi connectivity index (χ0v) is 12.6. The number of nitrogens with zero attached hydrogens (tertiary/aromatic N) is 1. The fourth-order valence-corrected chi connectivity index (χ4v) is 3.40. The number of Topliss-reactive ketones (excluding diaryl/α,β-unsaturated/α-hetero) is 1. The van der Waals surface area contributed by atoms with Gasteiger partial charge in [-0.15, -0.1) is 6.58 Å². The summed E-state index contributed by atoms with van der Waals surface area (Å²) in [6.07, 6.45) is 3.71. The molecule has 4 nitrogen and oxygen atoms in total. The van der Waals surface area contributed by atoms with Crippen molar-refractivity contribution in [2.45, 2.75) is 33.6 Å². The number of nitrogens with one attached hydrogen (secondary N) is 2. The predicted octanol–water partition coefficient (Wildman–Crippen LogP) is 2.02. The summed E-state index contributed by atoms with van der Waals surface area (Å²) in [6.45, 7) is 10.6. The second-order valence-corrected chi connectivity index (χ2v) is 6.49. The SMILES string of the molecule is C=CCNC(=S)N/N=C1/C(=O)[C@]2(C)CC[C@H]1C2(C)C. The van der Waals surface area contributed by atoms with Gasteiger partial charge in [-0.25, -0.2) is 0 Å². The highest BCUT2D eigenvalue weighted by molar-refractivity contribution is 7.80. The molecular formula is C14H21N3OS. The minimum atomic E-state index is -0.270. The molecule has 0 aliphatic heterocycles. The minimum Gasteiger partial charge on any atom is -0.358 e. The molecule has 0 heterocycles. The number of carbonyl (C=O) groups excluding carboxylic acids is 1. The molecule has 104 valence electrons. The van der Waals surface area contributed by atoms with E-state index in [9.17, 15) is 4.79 Å². The zero-order chi connectivity index (χ0) is 14.3. The Hall–Kier alpha value is -1.23. The number of thiocarbonyl (C=S) groups is 1. The van der Waals surface area contributed by atoms with E-state index in [0.29, 0.717) is 17.4 Å². The third kappa shape index (κ3) is 2.00. The van der Waals surface area contributed by atoms with Crippen molar-refractivity contribution in [3.05, 3.63) is 12.7 Å². The zero-order valence-electron chi connectivity index (χ0n) is 11.7. The van der Waals surface area contributed by atoms with Crippen LogP contribution < -0.4 is 10.7 Å². The summed E-state index contributed by atoms with van der Waals surface area (Å²) in [5.74, 6) is 0.410. The Bertz CT molecular complexity index is 469. The fraction of sp³-hybridized carbons (Fsp3) is 0.643. The van der Waals surface area contributed by atoms with Gasteiger partial charge in [0.25, 0.3) is 0 Å². The van der Waals surface area contributed by atoms with E-state index >= 15 is 0 Å². The summed E-state index contributed by atoms with van der Waals surface area (Å²) in [6, 6.07) is 0. The van der Waals surface area contributed by atoms with Crippen LogP contribution in [-0.4, -0.2) is 23.2 Å². The van der Waals surface area contributed by atoms with Crippen molar-refractivity contribution in [2.75, 3.05) is 6.54 Å². The molecule has 2 atom stereocenters. The highest BCUT2D eigenvalue weighted by atomic mass is 32.1. The molecule has 2 N–H and O–H groups in total. The number of hydrogen-bond acceptors (Lipinski definition) is 3. The van der Waals surface area contributed by atoms with Crippen LogP contribution in [0.25, 0.3) is 0 Å². The molecule has 2 aliphatic carbocycles. The molecule has 2 saturated carbocycles. The largest absolute Gasteiger partial charge is 0.358 e. The molecule has 0 unspecified atom stereocenters. The molecule has 0 spiro atoms. The second kappa shape index (κ2) is 4.71. The quantitative estimate of drug-likeness (QED) is 0.471. The van der Waals surface area contributed by atoms with Crippen molar-refractivity contribution in [1.82, 2.24) is 10.7 Å². The van der Waals surface area contributed by atoms with Crippen LogP contribution in [0.15, 0.2) is 17.8 Å². The highest BCUT2D eigenvalue weighted by Gasteiger charge is 2.65. The number of ketones is 1. The Balaban J connectivity index is 2.13. The highest BCUT2D eigenvalue weighted by Crippen LogP contribution is 2.62. The van der Waals surface area contributed by atoms with E-state index in [1.165, 1.54) is 0 Å². The first-order valence-electron chi connectivity index (χ1n) is 6.61. The Kier molecular flexibility index (Phi) is 3.51. The molecule has 0 radical (unpaired) electrons. The summed E-state index contributed by atoms with van der Waals surface area (Å²) >= 11 is 5.08. The molecular weight excluding hydrogens is 258 g/mol. The Morgan fingerprint density at radius 3 is 2.79 bits per heavy atom. The van der Waals surface area contributed by atoms with E-state index in [-0.39, 0.29) is 22.5 Å². The summed E-state index contributed by atoms with van der Waals surface area (Å²) in [4.78, 5) is 12.5. The maximum atomic E-state index is 12.5. The van der Waals surface area contributed by atoms with E-state index in [1.807, 2.05) is 0 Å². The number of rotatable bonds is 3. The minimum absolute atomic E-state index is 0.0131. The molecule has 2 fully saturated rings. The van der Waals surface area contributed by atoms with Crippen molar-refractivity contribution in [2.24, 2.45) is 21.8 Å². The van der Waals surface area contributed by atoms with Crippen LogP contribution in [0.3, 0.4) is 0 Å². The average Bonchev–Trinajstić information content (AvgIpc) is 2.66. The maximum absolute atomic E-state index is 12.5. The van der Waals surface area contributed by atoms with E-state index in [4.69, 9.17) is 12.2 Å². The topological polar surface area (TPSA) is 53.5 Å². The van der Waals surface area contributed by atoms with Gasteiger partial charge in [0.05, 0.1) is 0 Å². The van der Waals surface area contributed by atoms with Crippen molar-refractivity contribution in [3.63, 3.8) is 0 Å². The number of hydrazone groups is 1. The molecule has 2 bridgehead atoms. The normalized spacial score (nSPS) is 33.5. The van der Waals surface area contributed by atoms with Gasteiger partial charge >= 0.3 is 0 Å². The first-order valence-corrected chi connectivity index (χ1v) is 7.02. The van der Waals surface area contributed by atoms with Gasteiger partial charge in [-0.3, -0.25) is 10.2 Å². The van der Waals surface area contributed by atoms with Gasteiger partial charge in [-0.05, 0) is 30.5 Å². The van der Waals surface area contributed by atoms with E-state index in [1.54, 1.807) is 6.08 Å². The van der Waals surface area contributed by atoms with Crippen molar-refractivity contribution < 1.29 is 4.79 Å². The molecule has 2 aliphatic rings. The molecule has 0 amide bonds. The van der Waals surface area contributed by atoms with Gasteiger partial charge in [-0.1, -0.05) is 26.8 Å². The van der Waals surface area contributed by atoms with Crippen LogP contribution in [0.1, 0.15) is 33.6 Å². The van der Waals surface area contributed by atoms with E-state index in [2.05, 4.69) is 43.2 Å². The lowest BCUT2D eigenvalue weighted by atomic mass is 9.70. The van der Waals surface area contributed by atoms with Gasteiger partial charge in [0, 0.05) is 17.9 Å². The predicted molar refractivity (Wildman–Crippen MR) is 81.0 cm³/mol. The third-order valence-corrected chi connectivity index (χ3v) is 5.21. The van der Waals surface area contributed by atoms with Crippen LogP contribution in [-0.2, 0) is 4.79 Å². The molecule has 19 heavy (non-hydrogen) atoms. The van der Waals surface area contributed by atoms with Crippen LogP contribution in [0.2, 0.25) is 0 Å². The molecule has 2 rings (SSSR count). The summed E-state index contributed by atoms with van der Waals surface area (Å²) in [5.41, 5.74) is 3.14. The van der Waals surface area contributed by atoms with Gasteiger partial charge in [0.1, 0.15) is 5.71 Å². The summed E-state index contributed by atoms with van der Waals surface area (Å²) in [5, 5.41) is 7.61. The van der Waals surface area contributed by atoms with Crippen LogP contribution in [0.4, 0.5) is 0 Å². The molecule has 5 heteroatoms. The Morgan fingerprint density at radius 1 is 1.58 bits per heavy atom. The van der Waals surface area contributed by atoms with E-state index < -0.39 is 0 Å². The van der Waals surface area contributed by atoms with Gasteiger partial charge in [0.15, 0.2) is 10.9 Å². The van der Waals surface area contributed by atoms with Crippen LogP contribution >= 0.6 is 12.2 Å². The average molecular weight is 279 g/mol. The molecule has 0 aromatic rings. The molecule has 0 saturated heterocycles. The Morgan fingerprint density at radius 2 is 2.26 bits per heavy atom. The van der Waals surface area contributed by atoms with Crippen molar-refractivity contribution in [1.29, 1.82) is 0 Å². The van der Waals surface area contributed by atoms with E-state index in [0.717, 1.165) is 12.8 Å². The second-order valence-electron chi connectivity index (χ2n) is 6.08. The first kappa shape index (κ1) is 14.2. The molecule has 0 aromatic heterocycles. The van der Waals surface area contributed by atoms with Crippen molar-refractivity contribution >= 4 is 28.8 Å². The fourth-order valence-electron chi connectivity index (χ4n) is 3.27. The Labute approximate surface area is 119 Å².